The lowest BCUT2D eigenvalue weighted by atomic mass is 9.92. The van der Waals surface area contributed by atoms with Gasteiger partial charge in [0.05, 0.1) is 12.0 Å². The molecule has 4 heteroatoms. The van der Waals surface area contributed by atoms with Crippen LogP contribution in [0.15, 0.2) is 54.9 Å². The van der Waals surface area contributed by atoms with Crippen LogP contribution in [0.4, 0.5) is 0 Å². The number of rotatable bonds is 5. The summed E-state index contributed by atoms with van der Waals surface area (Å²) in [6.07, 6.45) is 3.39. The highest BCUT2D eigenvalue weighted by atomic mass is 16.3. The zero-order valence-electron chi connectivity index (χ0n) is 11.4. The first kappa shape index (κ1) is 14.2. The molecule has 2 rings (SSSR count). The minimum atomic E-state index is -1.16. The molecule has 1 unspecified atom stereocenters. The van der Waals surface area contributed by atoms with E-state index in [4.69, 9.17) is 0 Å². The van der Waals surface area contributed by atoms with Gasteiger partial charge < -0.3 is 10.4 Å². The maximum absolute atomic E-state index is 11.9. The summed E-state index contributed by atoms with van der Waals surface area (Å²) in [6, 6.07) is 12.9. The molecule has 2 N–H and O–H groups in total. The van der Waals surface area contributed by atoms with Gasteiger partial charge in [0.15, 0.2) is 0 Å². The van der Waals surface area contributed by atoms with Crippen LogP contribution in [0.25, 0.3) is 0 Å². The van der Waals surface area contributed by atoms with Crippen molar-refractivity contribution in [1.82, 2.24) is 10.3 Å². The van der Waals surface area contributed by atoms with Crippen molar-refractivity contribution in [2.45, 2.75) is 25.5 Å². The Kier molecular flexibility index (Phi) is 4.48. The Hall–Kier alpha value is -2.20. The van der Waals surface area contributed by atoms with Gasteiger partial charge in [-0.3, -0.25) is 9.78 Å². The molecular formula is C16H18N2O2. The first-order chi connectivity index (χ1) is 9.58. The van der Waals surface area contributed by atoms with E-state index in [0.29, 0.717) is 6.54 Å². The molecule has 4 nitrogen and oxygen atoms in total. The van der Waals surface area contributed by atoms with Crippen molar-refractivity contribution in [2.24, 2.45) is 0 Å². The first-order valence-electron chi connectivity index (χ1n) is 6.51. The van der Waals surface area contributed by atoms with Crippen molar-refractivity contribution in [3.05, 3.63) is 66.0 Å². The lowest BCUT2D eigenvalue weighted by molar-refractivity contribution is -0.126. The Bertz CT molecular complexity index is 553. The zero-order chi connectivity index (χ0) is 14.4. The van der Waals surface area contributed by atoms with Gasteiger partial charge in [-0.15, -0.1) is 0 Å². The van der Waals surface area contributed by atoms with Crippen LogP contribution in [-0.2, 0) is 16.9 Å². The second-order valence-corrected chi connectivity index (χ2v) is 4.95. The minimum Gasteiger partial charge on any atom is -0.385 e. The largest absolute Gasteiger partial charge is 0.385 e. The van der Waals surface area contributed by atoms with E-state index in [1.807, 2.05) is 42.5 Å². The molecule has 0 radical (unpaired) electrons. The van der Waals surface area contributed by atoms with Gasteiger partial charge in [0.1, 0.15) is 0 Å². The molecule has 0 spiro atoms. The molecule has 0 aliphatic carbocycles. The number of pyridine rings is 1. The minimum absolute atomic E-state index is 0.0299. The number of hydrogen-bond donors (Lipinski definition) is 2. The van der Waals surface area contributed by atoms with Gasteiger partial charge in [0.2, 0.25) is 5.91 Å². The monoisotopic (exact) mass is 270 g/mol. The number of nitrogens with zero attached hydrogens (tertiary/aromatic N) is 1. The third-order valence-electron chi connectivity index (χ3n) is 3.14. The predicted molar refractivity (Wildman–Crippen MR) is 76.7 cm³/mol. The number of carbonyl (C=O) groups excluding carboxylic acids is 1. The summed E-state index contributed by atoms with van der Waals surface area (Å²) in [5.74, 6) is -0.185. The van der Waals surface area contributed by atoms with E-state index in [-0.39, 0.29) is 12.3 Å². The molecule has 2 aromatic rings. The number of amides is 1. The second-order valence-electron chi connectivity index (χ2n) is 4.95. The van der Waals surface area contributed by atoms with E-state index in [9.17, 15) is 9.90 Å². The normalized spacial score (nSPS) is 13.5. The van der Waals surface area contributed by atoms with E-state index >= 15 is 0 Å². The van der Waals surface area contributed by atoms with Gasteiger partial charge in [-0.25, -0.2) is 0 Å². The van der Waals surface area contributed by atoms with Crippen LogP contribution in [0.1, 0.15) is 24.5 Å². The van der Waals surface area contributed by atoms with Crippen molar-refractivity contribution < 1.29 is 9.90 Å². The summed E-state index contributed by atoms with van der Waals surface area (Å²) in [5.41, 5.74) is 0.551. The maximum atomic E-state index is 11.9. The molecule has 0 aliphatic heterocycles. The average molecular weight is 270 g/mol. The molecule has 104 valence electrons. The molecule has 0 bridgehead atoms. The molecule has 20 heavy (non-hydrogen) atoms. The van der Waals surface area contributed by atoms with E-state index < -0.39 is 5.60 Å². The smallest absolute Gasteiger partial charge is 0.223 e. The fourth-order valence-electron chi connectivity index (χ4n) is 1.98. The van der Waals surface area contributed by atoms with E-state index in [1.54, 1.807) is 19.3 Å². The molecule has 0 saturated heterocycles. The number of aromatic nitrogens is 1. The van der Waals surface area contributed by atoms with Crippen LogP contribution in [0.2, 0.25) is 0 Å². The van der Waals surface area contributed by atoms with Gasteiger partial charge in [0.25, 0.3) is 0 Å². The standard InChI is InChI=1S/C16H18N2O2/c1-16(20,14-5-3-2-4-6-14)11-15(19)18-12-13-7-9-17-10-8-13/h2-10,20H,11-12H2,1H3,(H,18,19). The van der Waals surface area contributed by atoms with Gasteiger partial charge in [-0.2, -0.15) is 0 Å². The van der Waals surface area contributed by atoms with E-state index in [1.165, 1.54) is 0 Å². The Morgan fingerprint density at radius 3 is 2.50 bits per heavy atom. The van der Waals surface area contributed by atoms with Crippen LogP contribution in [0, 0.1) is 0 Å². The van der Waals surface area contributed by atoms with Crippen molar-refractivity contribution in [3.63, 3.8) is 0 Å². The molecule has 1 aromatic heterocycles. The lowest BCUT2D eigenvalue weighted by Gasteiger charge is -2.23. The Labute approximate surface area is 118 Å². The van der Waals surface area contributed by atoms with Gasteiger partial charge in [-0.05, 0) is 30.2 Å². The molecule has 0 fully saturated rings. The fourth-order valence-corrected chi connectivity index (χ4v) is 1.98. The first-order valence-corrected chi connectivity index (χ1v) is 6.51. The summed E-state index contributed by atoms with van der Waals surface area (Å²) in [7, 11) is 0. The highest BCUT2D eigenvalue weighted by Gasteiger charge is 2.26. The number of carbonyl (C=O) groups is 1. The summed E-state index contributed by atoms with van der Waals surface area (Å²) in [4.78, 5) is 15.8. The number of nitrogens with one attached hydrogen (secondary N) is 1. The van der Waals surface area contributed by atoms with Crippen molar-refractivity contribution in [3.8, 4) is 0 Å². The third-order valence-corrected chi connectivity index (χ3v) is 3.14. The lowest BCUT2D eigenvalue weighted by Crippen LogP contribution is -2.32. The van der Waals surface area contributed by atoms with E-state index in [0.717, 1.165) is 11.1 Å². The summed E-state index contributed by atoms with van der Waals surface area (Å²) < 4.78 is 0. The van der Waals surface area contributed by atoms with Crippen LogP contribution >= 0.6 is 0 Å². The predicted octanol–water partition coefficient (Wildman–Crippen LogP) is 2.00. The van der Waals surface area contributed by atoms with Crippen LogP contribution in [0.3, 0.4) is 0 Å². The number of benzene rings is 1. The van der Waals surface area contributed by atoms with Crippen LogP contribution in [0.5, 0.6) is 0 Å². The summed E-state index contributed by atoms with van der Waals surface area (Å²) in [6.45, 7) is 2.08. The number of aliphatic hydroxyl groups is 1. The molecule has 1 heterocycles. The van der Waals surface area contributed by atoms with Crippen molar-refractivity contribution >= 4 is 5.91 Å². The summed E-state index contributed by atoms with van der Waals surface area (Å²) >= 11 is 0. The highest BCUT2D eigenvalue weighted by molar-refractivity contribution is 5.77. The van der Waals surface area contributed by atoms with Crippen LogP contribution in [-0.4, -0.2) is 16.0 Å². The Balaban J connectivity index is 1.91. The quantitative estimate of drug-likeness (QED) is 0.873. The zero-order valence-corrected chi connectivity index (χ0v) is 11.4. The topological polar surface area (TPSA) is 62.2 Å². The van der Waals surface area contributed by atoms with E-state index in [2.05, 4.69) is 10.3 Å². The molecule has 1 aromatic carbocycles. The second kappa shape index (κ2) is 6.30. The fraction of sp³-hybridized carbons (Fsp3) is 0.250. The summed E-state index contributed by atoms with van der Waals surface area (Å²) in [5, 5.41) is 13.2. The molecule has 1 atom stereocenters. The Morgan fingerprint density at radius 2 is 1.85 bits per heavy atom. The maximum Gasteiger partial charge on any atom is 0.223 e. The molecule has 0 saturated carbocycles. The van der Waals surface area contributed by atoms with Gasteiger partial charge >= 0.3 is 0 Å². The van der Waals surface area contributed by atoms with Gasteiger partial charge in [0, 0.05) is 18.9 Å². The Morgan fingerprint density at radius 1 is 1.20 bits per heavy atom. The van der Waals surface area contributed by atoms with Crippen molar-refractivity contribution in [1.29, 1.82) is 0 Å². The molecule has 0 aliphatic rings. The molecule has 1 amide bonds. The number of hydrogen-bond acceptors (Lipinski definition) is 3. The van der Waals surface area contributed by atoms with Crippen molar-refractivity contribution in [2.75, 3.05) is 0 Å². The van der Waals surface area contributed by atoms with Crippen LogP contribution < -0.4 is 5.32 Å². The SMILES string of the molecule is CC(O)(CC(=O)NCc1ccncc1)c1ccccc1. The molecular weight excluding hydrogens is 252 g/mol. The highest BCUT2D eigenvalue weighted by Crippen LogP contribution is 2.23. The average Bonchev–Trinajstić information content (AvgIpc) is 2.47. The third kappa shape index (κ3) is 3.90. The van der Waals surface area contributed by atoms with Gasteiger partial charge in [-0.1, -0.05) is 30.3 Å².